The Morgan fingerprint density at radius 2 is 1.11 bits per heavy atom. The smallest absolute Gasteiger partial charge is 0.317 e. The Hall–Kier alpha value is -2.30. The lowest BCUT2D eigenvalue weighted by molar-refractivity contribution is -0.140. The summed E-state index contributed by atoms with van der Waals surface area (Å²) in [6.45, 7) is 4.59. The van der Waals surface area contributed by atoms with Gasteiger partial charge in [0.25, 0.3) is 11.8 Å². The highest BCUT2D eigenvalue weighted by Crippen LogP contribution is 2.07. The Bertz CT molecular complexity index is 577. The summed E-state index contributed by atoms with van der Waals surface area (Å²) in [4.78, 5) is 52.3. The van der Waals surface area contributed by atoms with Crippen molar-refractivity contribution >= 4 is 23.8 Å². The lowest BCUT2D eigenvalue weighted by Gasteiger charge is -2.25. The lowest BCUT2D eigenvalue weighted by Crippen LogP contribution is -2.40. The van der Waals surface area contributed by atoms with Crippen molar-refractivity contribution in [3.63, 3.8) is 0 Å². The summed E-state index contributed by atoms with van der Waals surface area (Å²) in [5, 5.41) is 18.1. The van der Waals surface area contributed by atoms with Gasteiger partial charge >= 0.3 is 11.9 Å². The first-order chi connectivity index (χ1) is 13.3. The van der Waals surface area contributed by atoms with Crippen molar-refractivity contribution in [3.8, 4) is 0 Å². The first-order valence-corrected chi connectivity index (χ1v) is 9.49. The van der Waals surface area contributed by atoms with Gasteiger partial charge in [0, 0.05) is 58.0 Å². The van der Waals surface area contributed by atoms with Crippen molar-refractivity contribution < 1.29 is 29.4 Å². The van der Waals surface area contributed by atoms with Crippen LogP contribution in [0.25, 0.3) is 0 Å². The molecule has 0 radical (unpaired) electrons. The number of carbonyl (C=O) groups excluding carboxylic acids is 2. The second-order valence-electron chi connectivity index (χ2n) is 7.05. The first kappa shape index (κ1) is 22.0. The molecule has 28 heavy (non-hydrogen) atoms. The van der Waals surface area contributed by atoms with Gasteiger partial charge in [-0.25, -0.2) is 0 Å². The molecule has 0 atom stereocenters. The van der Waals surface area contributed by atoms with Crippen molar-refractivity contribution in [1.82, 2.24) is 19.6 Å². The molecule has 0 aromatic rings. The molecule has 2 rings (SSSR count). The Morgan fingerprint density at radius 1 is 0.714 bits per heavy atom. The van der Waals surface area contributed by atoms with Crippen LogP contribution in [0.2, 0.25) is 0 Å². The van der Waals surface area contributed by atoms with Crippen LogP contribution in [0.15, 0.2) is 12.2 Å². The normalized spacial score (nSPS) is 20.2. The average molecular weight is 396 g/mol. The van der Waals surface area contributed by atoms with E-state index in [1.165, 1.54) is 17.1 Å². The van der Waals surface area contributed by atoms with Crippen LogP contribution >= 0.6 is 0 Å². The van der Waals surface area contributed by atoms with Crippen LogP contribution in [0.5, 0.6) is 0 Å². The van der Waals surface area contributed by atoms with E-state index >= 15 is 0 Å². The summed E-state index contributed by atoms with van der Waals surface area (Å²) < 4.78 is 0. The summed E-state index contributed by atoms with van der Waals surface area (Å²) in [5.41, 5.74) is 0. The fourth-order valence-corrected chi connectivity index (χ4v) is 3.36. The average Bonchev–Trinajstić information content (AvgIpc) is 2.97. The summed E-state index contributed by atoms with van der Waals surface area (Å²) in [5.74, 6) is -2.35. The second kappa shape index (κ2) is 10.9. The minimum Gasteiger partial charge on any atom is -0.480 e. The van der Waals surface area contributed by atoms with E-state index in [1.54, 1.807) is 0 Å². The molecule has 10 heteroatoms. The highest BCUT2D eigenvalue weighted by Gasteiger charge is 2.23. The minimum atomic E-state index is -0.899. The van der Waals surface area contributed by atoms with Crippen molar-refractivity contribution in [3.05, 3.63) is 12.2 Å². The SMILES string of the molecule is O=C(O)CN1CCN(CCCCN2C(=O)C=CC2=O)CCN(CC(=O)O)CC1. The fraction of sp³-hybridized carbons (Fsp3) is 0.667. The van der Waals surface area contributed by atoms with E-state index in [4.69, 9.17) is 10.2 Å². The molecule has 0 aromatic heterocycles. The van der Waals surface area contributed by atoms with E-state index in [0.717, 1.165) is 13.0 Å². The molecule has 2 aliphatic heterocycles. The van der Waals surface area contributed by atoms with Gasteiger partial charge in [-0.3, -0.25) is 33.9 Å². The van der Waals surface area contributed by atoms with Crippen molar-refractivity contribution in [2.24, 2.45) is 0 Å². The zero-order chi connectivity index (χ0) is 20.5. The number of hydrogen-bond acceptors (Lipinski definition) is 7. The molecular weight excluding hydrogens is 368 g/mol. The van der Waals surface area contributed by atoms with Gasteiger partial charge < -0.3 is 15.1 Å². The predicted octanol–water partition coefficient (Wildman–Crippen LogP) is -1.22. The Labute approximate surface area is 164 Å². The number of carboxylic acid groups (broad SMARTS) is 2. The van der Waals surface area contributed by atoms with Gasteiger partial charge in [0.15, 0.2) is 0 Å². The summed E-state index contributed by atoms with van der Waals surface area (Å²) in [6.07, 6.45) is 4.03. The highest BCUT2D eigenvalue weighted by atomic mass is 16.4. The van der Waals surface area contributed by atoms with E-state index in [9.17, 15) is 19.2 Å². The van der Waals surface area contributed by atoms with Crippen molar-refractivity contribution in [1.29, 1.82) is 0 Å². The number of imide groups is 1. The Morgan fingerprint density at radius 3 is 1.54 bits per heavy atom. The maximum Gasteiger partial charge on any atom is 0.317 e. The third-order valence-electron chi connectivity index (χ3n) is 4.92. The van der Waals surface area contributed by atoms with Crippen molar-refractivity contribution in [2.75, 3.05) is 65.4 Å². The van der Waals surface area contributed by atoms with Crippen molar-refractivity contribution in [2.45, 2.75) is 12.8 Å². The minimum absolute atomic E-state index is 0.0685. The largest absolute Gasteiger partial charge is 0.480 e. The molecule has 0 aromatic carbocycles. The number of nitrogens with zero attached hydrogens (tertiary/aromatic N) is 4. The molecule has 0 bridgehead atoms. The van der Waals surface area contributed by atoms with Crippen LogP contribution in [-0.2, 0) is 19.2 Å². The number of aliphatic carboxylic acids is 2. The molecular formula is C18H28N4O6. The standard InChI is InChI=1S/C18H28N4O6/c23-15-3-4-16(24)22(15)6-2-1-5-19-7-9-20(13-17(25)26)11-12-21(10-8-19)14-18(27)28/h3-4H,1-2,5-14H2,(H,25,26)(H,27,28). The summed E-state index contributed by atoms with van der Waals surface area (Å²) >= 11 is 0. The summed E-state index contributed by atoms with van der Waals surface area (Å²) in [6, 6.07) is 0. The molecule has 2 N–H and O–H groups in total. The summed E-state index contributed by atoms with van der Waals surface area (Å²) in [7, 11) is 0. The molecule has 0 aliphatic carbocycles. The number of carbonyl (C=O) groups is 4. The van der Waals surface area contributed by atoms with Crippen LogP contribution in [0.4, 0.5) is 0 Å². The molecule has 2 aliphatic rings. The van der Waals surface area contributed by atoms with E-state index in [2.05, 4.69) is 4.90 Å². The van der Waals surface area contributed by atoms with E-state index in [0.29, 0.717) is 52.2 Å². The molecule has 10 nitrogen and oxygen atoms in total. The topological polar surface area (TPSA) is 122 Å². The Kier molecular flexibility index (Phi) is 8.55. The quantitative estimate of drug-likeness (QED) is 0.365. The molecule has 2 heterocycles. The second-order valence-corrected chi connectivity index (χ2v) is 7.05. The molecule has 156 valence electrons. The van der Waals surface area contributed by atoms with Crippen LogP contribution in [0.1, 0.15) is 12.8 Å². The monoisotopic (exact) mass is 396 g/mol. The maximum atomic E-state index is 11.6. The lowest BCUT2D eigenvalue weighted by atomic mass is 10.2. The van der Waals surface area contributed by atoms with Crippen LogP contribution in [0.3, 0.4) is 0 Å². The van der Waals surface area contributed by atoms with Gasteiger partial charge in [-0.15, -0.1) is 0 Å². The van der Waals surface area contributed by atoms with E-state index in [1.807, 2.05) is 9.80 Å². The zero-order valence-corrected chi connectivity index (χ0v) is 16.0. The molecule has 1 saturated heterocycles. The maximum absolute atomic E-state index is 11.6. The number of amides is 2. The molecule has 0 saturated carbocycles. The molecule has 2 amide bonds. The third kappa shape index (κ3) is 7.37. The molecule has 1 fully saturated rings. The van der Waals surface area contributed by atoms with Crippen LogP contribution in [0, 0.1) is 0 Å². The van der Waals surface area contributed by atoms with Crippen LogP contribution < -0.4 is 0 Å². The predicted molar refractivity (Wildman–Crippen MR) is 99.7 cm³/mol. The van der Waals surface area contributed by atoms with Crippen LogP contribution in [-0.4, -0.2) is 119 Å². The number of rotatable bonds is 9. The number of carboxylic acids is 2. The molecule has 0 unspecified atom stereocenters. The van der Waals surface area contributed by atoms with Gasteiger partial charge in [-0.05, 0) is 19.4 Å². The fourth-order valence-electron chi connectivity index (χ4n) is 3.36. The number of hydrogen-bond donors (Lipinski definition) is 2. The van der Waals surface area contributed by atoms with Gasteiger partial charge in [0.1, 0.15) is 0 Å². The van der Waals surface area contributed by atoms with Gasteiger partial charge in [-0.1, -0.05) is 0 Å². The zero-order valence-electron chi connectivity index (χ0n) is 16.0. The first-order valence-electron chi connectivity index (χ1n) is 9.49. The van der Waals surface area contributed by atoms with Gasteiger partial charge in [0.05, 0.1) is 13.1 Å². The Balaban J connectivity index is 1.83. The molecule has 0 spiro atoms. The highest BCUT2D eigenvalue weighted by molar-refractivity contribution is 6.12. The van der Waals surface area contributed by atoms with Gasteiger partial charge in [-0.2, -0.15) is 0 Å². The number of unbranched alkanes of at least 4 members (excludes halogenated alkanes) is 1. The van der Waals surface area contributed by atoms with E-state index < -0.39 is 11.9 Å². The van der Waals surface area contributed by atoms with E-state index in [-0.39, 0.29) is 24.9 Å². The third-order valence-corrected chi connectivity index (χ3v) is 4.92. The van der Waals surface area contributed by atoms with Gasteiger partial charge in [0.2, 0.25) is 0 Å².